The van der Waals surface area contributed by atoms with Gasteiger partial charge in [-0.05, 0) is 55.3 Å². The third-order valence-electron chi connectivity index (χ3n) is 4.79. The lowest BCUT2D eigenvalue weighted by Gasteiger charge is -2.34. The number of piperazine rings is 1. The average Bonchev–Trinajstić information content (AvgIpc) is 2.68. The quantitative estimate of drug-likeness (QED) is 0.813. The lowest BCUT2D eigenvalue weighted by molar-refractivity contribution is -0.131. The third-order valence-corrected chi connectivity index (χ3v) is 4.79. The lowest BCUT2D eigenvalue weighted by Crippen LogP contribution is -2.58. The summed E-state index contributed by atoms with van der Waals surface area (Å²) < 4.78 is 5.18. The van der Waals surface area contributed by atoms with Gasteiger partial charge in [0, 0.05) is 24.3 Å². The van der Waals surface area contributed by atoms with Crippen LogP contribution in [0.25, 0.3) is 0 Å². The first kappa shape index (κ1) is 20.4. The van der Waals surface area contributed by atoms with Crippen LogP contribution in [0.1, 0.15) is 27.9 Å². The van der Waals surface area contributed by atoms with Crippen LogP contribution in [-0.2, 0) is 9.59 Å². The highest BCUT2D eigenvalue weighted by atomic mass is 16.5. The van der Waals surface area contributed by atoms with E-state index in [9.17, 15) is 14.4 Å². The maximum Gasteiger partial charge on any atom is 0.254 e. The number of hydrogen-bond donors (Lipinski definition) is 2. The first-order chi connectivity index (χ1) is 13.9. The second kappa shape index (κ2) is 8.77. The van der Waals surface area contributed by atoms with Crippen molar-refractivity contribution in [2.75, 3.05) is 25.5 Å². The molecule has 0 saturated carbocycles. The lowest BCUT2D eigenvalue weighted by atomic mass is 10.1. The number of ether oxygens (including phenoxy) is 1. The van der Waals surface area contributed by atoms with Gasteiger partial charge in [0.25, 0.3) is 5.91 Å². The van der Waals surface area contributed by atoms with Crippen LogP contribution in [0.4, 0.5) is 5.69 Å². The minimum atomic E-state index is -0.867. The molecule has 3 amide bonds. The Morgan fingerprint density at radius 1 is 1.17 bits per heavy atom. The number of rotatable bonds is 5. The summed E-state index contributed by atoms with van der Waals surface area (Å²) >= 11 is 0. The van der Waals surface area contributed by atoms with Crippen LogP contribution in [0.5, 0.6) is 5.75 Å². The summed E-state index contributed by atoms with van der Waals surface area (Å²) in [5.74, 6) is -0.395. The van der Waals surface area contributed by atoms with Crippen molar-refractivity contribution < 1.29 is 19.1 Å². The smallest absolute Gasteiger partial charge is 0.254 e. The van der Waals surface area contributed by atoms with E-state index in [0.717, 1.165) is 11.1 Å². The standard InChI is InChI=1S/C22H25N3O4/c1-14-9-15(2)11-17(10-14)24-20(26)13-19-21(27)23-7-8-25(19)22(28)16-5-4-6-18(12-16)29-3/h4-6,9-12,19H,7-8,13H2,1-3H3,(H,23,27)(H,24,26)/t19-/m1/s1. The van der Waals surface area contributed by atoms with E-state index in [-0.39, 0.29) is 24.1 Å². The van der Waals surface area contributed by atoms with Gasteiger partial charge in [0.05, 0.1) is 13.5 Å². The van der Waals surface area contributed by atoms with Crippen molar-refractivity contribution in [3.05, 3.63) is 59.2 Å². The SMILES string of the molecule is COc1cccc(C(=O)N2CCNC(=O)[C@H]2CC(=O)Nc2cc(C)cc(C)c2)c1. The Kier molecular flexibility index (Phi) is 6.16. The van der Waals surface area contributed by atoms with Crippen LogP contribution >= 0.6 is 0 Å². The summed E-state index contributed by atoms with van der Waals surface area (Å²) in [4.78, 5) is 39.5. The maximum absolute atomic E-state index is 13.0. The minimum absolute atomic E-state index is 0.117. The molecule has 0 spiro atoms. The predicted molar refractivity (Wildman–Crippen MR) is 110 cm³/mol. The molecule has 7 nitrogen and oxygen atoms in total. The largest absolute Gasteiger partial charge is 0.497 e. The van der Waals surface area contributed by atoms with Crippen LogP contribution in [0.3, 0.4) is 0 Å². The molecule has 1 aliphatic heterocycles. The normalized spacial score (nSPS) is 16.2. The van der Waals surface area contributed by atoms with E-state index in [1.54, 1.807) is 24.3 Å². The highest BCUT2D eigenvalue weighted by molar-refractivity contribution is 6.01. The third kappa shape index (κ3) is 4.93. The molecule has 29 heavy (non-hydrogen) atoms. The van der Waals surface area contributed by atoms with Crippen molar-refractivity contribution >= 4 is 23.4 Å². The van der Waals surface area contributed by atoms with E-state index in [1.165, 1.54) is 12.0 Å². The monoisotopic (exact) mass is 395 g/mol. The van der Waals surface area contributed by atoms with Gasteiger partial charge >= 0.3 is 0 Å². The minimum Gasteiger partial charge on any atom is -0.497 e. The second-order valence-corrected chi connectivity index (χ2v) is 7.17. The molecule has 1 saturated heterocycles. The summed E-state index contributed by atoms with van der Waals surface area (Å²) in [6.45, 7) is 4.59. The molecule has 0 unspecified atom stereocenters. The first-order valence-electron chi connectivity index (χ1n) is 9.48. The summed E-state index contributed by atoms with van der Waals surface area (Å²) in [6, 6.07) is 11.6. The molecule has 1 fully saturated rings. The number of nitrogens with one attached hydrogen (secondary N) is 2. The summed E-state index contributed by atoms with van der Waals surface area (Å²) in [6.07, 6.45) is -0.117. The number of anilines is 1. The van der Waals surface area contributed by atoms with Crippen molar-refractivity contribution in [3.63, 3.8) is 0 Å². The molecule has 7 heteroatoms. The van der Waals surface area contributed by atoms with E-state index in [4.69, 9.17) is 4.74 Å². The van der Waals surface area contributed by atoms with Crippen molar-refractivity contribution in [2.24, 2.45) is 0 Å². The van der Waals surface area contributed by atoms with Crippen molar-refractivity contribution in [1.82, 2.24) is 10.2 Å². The number of methoxy groups -OCH3 is 1. The van der Waals surface area contributed by atoms with Gasteiger partial charge in [0.1, 0.15) is 11.8 Å². The number of benzene rings is 2. The molecule has 2 aromatic rings. The zero-order valence-electron chi connectivity index (χ0n) is 16.8. The molecule has 0 aliphatic carbocycles. The number of nitrogens with zero attached hydrogens (tertiary/aromatic N) is 1. The van der Waals surface area contributed by atoms with Crippen LogP contribution in [0, 0.1) is 13.8 Å². The molecule has 1 heterocycles. The Bertz CT molecular complexity index is 921. The van der Waals surface area contributed by atoms with Gasteiger partial charge in [-0.1, -0.05) is 12.1 Å². The van der Waals surface area contributed by atoms with Gasteiger partial charge in [-0.25, -0.2) is 0 Å². The van der Waals surface area contributed by atoms with E-state index in [2.05, 4.69) is 10.6 Å². The number of carbonyl (C=O) groups is 3. The molecule has 152 valence electrons. The molecule has 1 aliphatic rings. The second-order valence-electron chi connectivity index (χ2n) is 7.17. The molecule has 2 N–H and O–H groups in total. The van der Waals surface area contributed by atoms with E-state index < -0.39 is 6.04 Å². The fourth-order valence-corrected chi connectivity index (χ4v) is 3.52. The van der Waals surface area contributed by atoms with E-state index in [0.29, 0.717) is 30.1 Å². The molecule has 3 rings (SSSR count). The Morgan fingerprint density at radius 3 is 2.59 bits per heavy atom. The first-order valence-corrected chi connectivity index (χ1v) is 9.48. The highest BCUT2D eigenvalue weighted by Crippen LogP contribution is 2.19. The molecule has 0 bridgehead atoms. The van der Waals surface area contributed by atoms with Crippen LogP contribution < -0.4 is 15.4 Å². The van der Waals surface area contributed by atoms with E-state index >= 15 is 0 Å². The Balaban J connectivity index is 1.76. The van der Waals surface area contributed by atoms with Crippen LogP contribution in [0.15, 0.2) is 42.5 Å². The van der Waals surface area contributed by atoms with Gasteiger partial charge in [-0.15, -0.1) is 0 Å². The molecule has 0 radical (unpaired) electrons. The van der Waals surface area contributed by atoms with Crippen molar-refractivity contribution in [3.8, 4) is 5.75 Å². The summed E-state index contributed by atoms with van der Waals surface area (Å²) in [5.41, 5.74) is 3.16. The Hall–Kier alpha value is -3.35. The fourth-order valence-electron chi connectivity index (χ4n) is 3.52. The fraction of sp³-hybridized carbons (Fsp3) is 0.318. The summed E-state index contributed by atoms with van der Waals surface area (Å²) in [7, 11) is 1.53. The van der Waals surface area contributed by atoms with Gasteiger partial charge in [-0.3, -0.25) is 14.4 Å². The van der Waals surface area contributed by atoms with Gasteiger partial charge in [0.15, 0.2) is 0 Å². The number of amides is 3. The topological polar surface area (TPSA) is 87.7 Å². The number of aryl methyl sites for hydroxylation is 2. The van der Waals surface area contributed by atoms with Crippen molar-refractivity contribution in [1.29, 1.82) is 0 Å². The Morgan fingerprint density at radius 2 is 1.90 bits per heavy atom. The zero-order chi connectivity index (χ0) is 21.0. The highest BCUT2D eigenvalue weighted by Gasteiger charge is 2.35. The molecule has 2 aromatic carbocycles. The molecular formula is C22H25N3O4. The van der Waals surface area contributed by atoms with Gasteiger partial charge < -0.3 is 20.3 Å². The molecule has 1 atom stereocenters. The van der Waals surface area contributed by atoms with Crippen LogP contribution in [-0.4, -0.2) is 48.9 Å². The number of carbonyl (C=O) groups excluding carboxylic acids is 3. The zero-order valence-corrected chi connectivity index (χ0v) is 16.8. The molecular weight excluding hydrogens is 370 g/mol. The van der Waals surface area contributed by atoms with E-state index in [1.807, 2.05) is 32.0 Å². The predicted octanol–water partition coefficient (Wildman–Crippen LogP) is 2.28. The maximum atomic E-state index is 13.0. The average molecular weight is 395 g/mol. The van der Waals surface area contributed by atoms with Crippen LogP contribution in [0.2, 0.25) is 0 Å². The van der Waals surface area contributed by atoms with Crippen molar-refractivity contribution in [2.45, 2.75) is 26.3 Å². The summed E-state index contributed by atoms with van der Waals surface area (Å²) in [5, 5.41) is 5.57. The molecule has 0 aromatic heterocycles. The Labute approximate surface area is 170 Å². The van der Waals surface area contributed by atoms with Gasteiger partial charge in [-0.2, -0.15) is 0 Å². The van der Waals surface area contributed by atoms with Gasteiger partial charge in [0.2, 0.25) is 11.8 Å². The number of hydrogen-bond acceptors (Lipinski definition) is 4.